The molecule has 2 atom stereocenters. The third-order valence-corrected chi connectivity index (χ3v) is 4.61. The van der Waals surface area contributed by atoms with E-state index in [0.717, 1.165) is 12.5 Å². The molecule has 0 spiro atoms. The molecule has 2 nitrogen and oxygen atoms in total. The number of benzene rings is 1. The molecule has 1 aromatic carbocycles. The van der Waals surface area contributed by atoms with Crippen molar-refractivity contribution in [3.63, 3.8) is 0 Å². The summed E-state index contributed by atoms with van der Waals surface area (Å²) >= 11 is 3.75. The predicted molar refractivity (Wildman–Crippen MR) is 86.8 cm³/mol. The van der Waals surface area contributed by atoms with Crippen LogP contribution in [0.3, 0.4) is 0 Å². The van der Waals surface area contributed by atoms with Crippen LogP contribution in [0.1, 0.15) is 45.2 Å². The number of piperidine rings is 1. The average molecular weight is 325 g/mol. The quantitative estimate of drug-likeness (QED) is 0.885. The SMILES string of the molecule is CCNC(C)c1ccc(N2CCCC(C)C2)c(Br)c1. The maximum atomic E-state index is 3.75. The number of hydrogen-bond acceptors (Lipinski definition) is 2. The van der Waals surface area contributed by atoms with Gasteiger partial charge in [-0.25, -0.2) is 0 Å². The highest BCUT2D eigenvalue weighted by molar-refractivity contribution is 9.10. The normalized spacial score (nSPS) is 21.5. The topological polar surface area (TPSA) is 15.3 Å². The smallest absolute Gasteiger partial charge is 0.0510 e. The molecule has 106 valence electrons. The van der Waals surface area contributed by atoms with Crippen molar-refractivity contribution in [3.8, 4) is 0 Å². The molecule has 1 heterocycles. The van der Waals surface area contributed by atoms with Crippen molar-refractivity contribution in [2.75, 3.05) is 24.5 Å². The molecule has 0 aromatic heterocycles. The largest absolute Gasteiger partial charge is 0.370 e. The summed E-state index contributed by atoms with van der Waals surface area (Å²) in [5.74, 6) is 0.806. The predicted octanol–water partition coefficient (Wildman–Crippen LogP) is 4.36. The molecule has 1 fully saturated rings. The van der Waals surface area contributed by atoms with E-state index in [2.05, 4.69) is 65.1 Å². The van der Waals surface area contributed by atoms with Crippen molar-refractivity contribution in [1.82, 2.24) is 5.32 Å². The minimum absolute atomic E-state index is 0.413. The van der Waals surface area contributed by atoms with Gasteiger partial charge < -0.3 is 10.2 Å². The lowest BCUT2D eigenvalue weighted by Crippen LogP contribution is -2.34. The molecule has 3 heteroatoms. The van der Waals surface area contributed by atoms with E-state index in [1.807, 2.05) is 0 Å². The van der Waals surface area contributed by atoms with E-state index in [4.69, 9.17) is 0 Å². The van der Waals surface area contributed by atoms with Gasteiger partial charge in [-0.3, -0.25) is 0 Å². The Kier molecular flexibility index (Phi) is 5.28. The molecule has 0 bridgehead atoms. The van der Waals surface area contributed by atoms with Gasteiger partial charge in [0.05, 0.1) is 5.69 Å². The summed E-state index contributed by atoms with van der Waals surface area (Å²) in [5, 5.41) is 3.46. The lowest BCUT2D eigenvalue weighted by Gasteiger charge is -2.33. The minimum Gasteiger partial charge on any atom is -0.370 e. The summed E-state index contributed by atoms with van der Waals surface area (Å²) < 4.78 is 1.23. The molecule has 2 rings (SSSR count). The lowest BCUT2D eigenvalue weighted by molar-refractivity contribution is 0.446. The second kappa shape index (κ2) is 6.76. The number of nitrogens with one attached hydrogen (secondary N) is 1. The van der Waals surface area contributed by atoms with E-state index in [1.54, 1.807) is 0 Å². The van der Waals surface area contributed by atoms with E-state index in [-0.39, 0.29) is 0 Å². The molecule has 1 saturated heterocycles. The fraction of sp³-hybridized carbons (Fsp3) is 0.625. The Balaban J connectivity index is 2.14. The molecule has 0 aliphatic carbocycles. The van der Waals surface area contributed by atoms with Gasteiger partial charge in [0, 0.05) is 23.6 Å². The first-order valence-electron chi connectivity index (χ1n) is 7.39. The van der Waals surface area contributed by atoms with Crippen LogP contribution < -0.4 is 10.2 Å². The highest BCUT2D eigenvalue weighted by Gasteiger charge is 2.18. The molecule has 2 unspecified atom stereocenters. The number of rotatable bonds is 4. The molecule has 0 saturated carbocycles. The fourth-order valence-corrected chi connectivity index (χ4v) is 3.53. The first-order valence-corrected chi connectivity index (χ1v) is 8.19. The molecule has 1 aromatic rings. The van der Waals surface area contributed by atoms with Crippen LogP contribution in [0, 0.1) is 5.92 Å². The third kappa shape index (κ3) is 3.73. The molecule has 19 heavy (non-hydrogen) atoms. The highest BCUT2D eigenvalue weighted by Crippen LogP contribution is 2.32. The van der Waals surface area contributed by atoms with E-state index >= 15 is 0 Å². The monoisotopic (exact) mass is 324 g/mol. The highest BCUT2D eigenvalue weighted by atomic mass is 79.9. The summed E-state index contributed by atoms with van der Waals surface area (Å²) in [6.07, 6.45) is 2.67. The molecule has 1 aliphatic rings. The number of nitrogens with zero attached hydrogens (tertiary/aromatic N) is 1. The first kappa shape index (κ1) is 14.9. The zero-order valence-corrected chi connectivity index (χ0v) is 13.8. The summed E-state index contributed by atoms with van der Waals surface area (Å²) in [6.45, 7) is 10.1. The molecular weight excluding hydrogens is 300 g/mol. The Hall–Kier alpha value is -0.540. The second-order valence-corrected chi connectivity index (χ2v) is 6.54. The Morgan fingerprint density at radius 3 is 2.89 bits per heavy atom. The molecular formula is C16H25BrN2. The zero-order chi connectivity index (χ0) is 13.8. The standard InChI is InChI=1S/C16H25BrN2/c1-4-18-13(3)14-7-8-16(15(17)10-14)19-9-5-6-12(2)11-19/h7-8,10,12-13,18H,4-6,9,11H2,1-3H3. The summed E-state index contributed by atoms with van der Waals surface area (Å²) in [4.78, 5) is 2.51. The van der Waals surface area contributed by atoms with Gasteiger partial charge in [-0.05, 0) is 65.9 Å². The minimum atomic E-state index is 0.413. The second-order valence-electron chi connectivity index (χ2n) is 5.68. The Bertz CT molecular complexity index is 419. The van der Waals surface area contributed by atoms with Crippen LogP contribution in [-0.2, 0) is 0 Å². The van der Waals surface area contributed by atoms with Crippen molar-refractivity contribution in [2.45, 2.75) is 39.7 Å². The van der Waals surface area contributed by atoms with Gasteiger partial charge in [0.15, 0.2) is 0 Å². The van der Waals surface area contributed by atoms with Gasteiger partial charge in [0.1, 0.15) is 0 Å². The van der Waals surface area contributed by atoms with Crippen LogP contribution in [0.4, 0.5) is 5.69 Å². The van der Waals surface area contributed by atoms with Crippen molar-refractivity contribution in [1.29, 1.82) is 0 Å². The van der Waals surface area contributed by atoms with E-state index < -0.39 is 0 Å². The Labute approximate surface area is 125 Å². The van der Waals surface area contributed by atoms with Crippen LogP contribution in [0.25, 0.3) is 0 Å². The maximum absolute atomic E-state index is 3.75. The van der Waals surface area contributed by atoms with Crippen molar-refractivity contribution in [3.05, 3.63) is 28.2 Å². The van der Waals surface area contributed by atoms with Crippen molar-refractivity contribution < 1.29 is 0 Å². The number of hydrogen-bond donors (Lipinski definition) is 1. The number of halogens is 1. The van der Waals surface area contributed by atoms with Gasteiger partial charge in [-0.1, -0.05) is 19.9 Å². The molecule has 1 N–H and O–H groups in total. The number of anilines is 1. The van der Waals surface area contributed by atoms with E-state index in [0.29, 0.717) is 6.04 Å². The average Bonchev–Trinajstić information content (AvgIpc) is 2.38. The van der Waals surface area contributed by atoms with Gasteiger partial charge >= 0.3 is 0 Å². The molecule has 0 amide bonds. The summed E-state index contributed by atoms with van der Waals surface area (Å²) in [6, 6.07) is 7.20. The summed E-state index contributed by atoms with van der Waals surface area (Å²) in [5.41, 5.74) is 2.70. The van der Waals surface area contributed by atoms with Crippen LogP contribution >= 0.6 is 15.9 Å². The Morgan fingerprint density at radius 2 is 2.26 bits per heavy atom. The molecule has 1 aliphatic heterocycles. The first-order chi connectivity index (χ1) is 9.11. The van der Waals surface area contributed by atoms with Gasteiger partial charge in [0.25, 0.3) is 0 Å². The van der Waals surface area contributed by atoms with Crippen LogP contribution in [0.15, 0.2) is 22.7 Å². The third-order valence-electron chi connectivity index (χ3n) is 3.98. The van der Waals surface area contributed by atoms with Crippen molar-refractivity contribution in [2.24, 2.45) is 5.92 Å². The Morgan fingerprint density at radius 1 is 1.47 bits per heavy atom. The van der Waals surface area contributed by atoms with Crippen LogP contribution in [0.2, 0.25) is 0 Å². The zero-order valence-electron chi connectivity index (χ0n) is 12.2. The van der Waals surface area contributed by atoms with E-state index in [1.165, 1.54) is 41.7 Å². The van der Waals surface area contributed by atoms with Crippen LogP contribution in [-0.4, -0.2) is 19.6 Å². The lowest BCUT2D eigenvalue weighted by atomic mass is 9.99. The van der Waals surface area contributed by atoms with Crippen LogP contribution in [0.5, 0.6) is 0 Å². The molecule has 0 radical (unpaired) electrons. The van der Waals surface area contributed by atoms with Gasteiger partial charge in [-0.2, -0.15) is 0 Å². The fourth-order valence-electron chi connectivity index (χ4n) is 2.88. The van der Waals surface area contributed by atoms with E-state index in [9.17, 15) is 0 Å². The maximum Gasteiger partial charge on any atom is 0.0510 e. The van der Waals surface area contributed by atoms with Gasteiger partial charge in [-0.15, -0.1) is 0 Å². The van der Waals surface area contributed by atoms with Crippen molar-refractivity contribution >= 4 is 21.6 Å². The van der Waals surface area contributed by atoms with Gasteiger partial charge in [0.2, 0.25) is 0 Å². The summed E-state index contributed by atoms with van der Waals surface area (Å²) in [7, 11) is 0.